The summed E-state index contributed by atoms with van der Waals surface area (Å²) in [4.78, 5) is 23.2. The fraction of sp³-hybridized carbons (Fsp3) is 0.125. The quantitative estimate of drug-likeness (QED) is 0.859. The molecular weight excluding hydrogens is 364 g/mol. The molecule has 7 heteroatoms. The number of hydrogen-bond acceptors (Lipinski definition) is 4. The van der Waals surface area contributed by atoms with Gasteiger partial charge in [0.15, 0.2) is 13.2 Å². The number of benzene rings is 2. The highest BCUT2D eigenvalue weighted by atomic mass is 79.9. The van der Waals surface area contributed by atoms with Crippen LogP contribution < -0.4 is 20.1 Å². The molecule has 2 aromatic rings. The monoisotopic (exact) mass is 376 g/mol. The largest absolute Gasteiger partial charge is 0.484 e. The van der Waals surface area contributed by atoms with Gasteiger partial charge in [0.25, 0.3) is 11.8 Å². The third-order valence-electron chi connectivity index (χ3n) is 3.08. The van der Waals surface area contributed by atoms with Crippen LogP contribution in [-0.4, -0.2) is 25.0 Å². The van der Waals surface area contributed by atoms with Gasteiger partial charge in [0.05, 0.1) is 5.69 Å². The molecule has 0 atom stereocenters. The van der Waals surface area contributed by atoms with Gasteiger partial charge in [0, 0.05) is 10.2 Å². The lowest BCUT2D eigenvalue weighted by Crippen LogP contribution is -2.25. The van der Waals surface area contributed by atoms with E-state index in [0.717, 1.165) is 4.47 Å². The van der Waals surface area contributed by atoms with E-state index in [1.807, 2.05) is 12.1 Å². The Balaban J connectivity index is 1.58. The zero-order valence-corrected chi connectivity index (χ0v) is 13.6. The number of carbonyl (C=O) groups is 2. The fourth-order valence-electron chi connectivity index (χ4n) is 2.04. The van der Waals surface area contributed by atoms with Gasteiger partial charge in [-0.2, -0.15) is 0 Å². The van der Waals surface area contributed by atoms with Gasteiger partial charge in [-0.05, 0) is 42.5 Å². The molecule has 1 heterocycles. The van der Waals surface area contributed by atoms with Crippen molar-refractivity contribution in [2.45, 2.75) is 0 Å². The minimum absolute atomic E-state index is 0.000262. The van der Waals surface area contributed by atoms with Gasteiger partial charge >= 0.3 is 0 Å². The molecule has 6 nitrogen and oxygen atoms in total. The normalized spacial score (nSPS) is 12.7. The molecule has 0 saturated heterocycles. The maximum atomic E-state index is 11.9. The molecule has 0 spiro atoms. The molecule has 0 radical (unpaired) electrons. The average molecular weight is 377 g/mol. The Morgan fingerprint density at radius 3 is 2.83 bits per heavy atom. The maximum absolute atomic E-state index is 11.9. The summed E-state index contributed by atoms with van der Waals surface area (Å²) in [6.45, 7) is -0.110. The molecule has 118 valence electrons. The number of fused-ring (bicyclic) bond motifs is 1. The number of carbonyl (C=O) groups excluding carboxylic acids is 2. The molecule has 0 fully saturated rings. The van der Waals surface area contributed by atoms with Gasteiger partial charge in [-0.3, -0.25) is 9.59 Å². The van der Waals surface area contributed by atoms with E-state index >= 15 is 0 Å². The summed E-state index contributed by atoms with van der Waals surface area (Å²) in [6, 6.07) is 12.2. The fourth-order valence-corrected chi connectivity index (χ4v) is 2.30. The number of anilines is 2. The van der Waals surface area contributed by atoms with E-state index < -0.39 is 0 Å². The minimum atomic E-state index is -0.295. The van der Waals surface area contributed by atoms with Crippen molar-refractivity contribution in [3.63, 3.8) is 0 Å². The van der Waals surface area contributed by atoms with E-state index in [4.69, 9.17) is 9.47 Å². The lowest BCUT2D eigenvalue weighted by atomic mass is 10.2. The first-order valence-corrected chi connectivity index (χ1v) is 7.64. The minimum Gasteiger partial charge on any atom is -0.484 e. The van der Waals surface area contributed by atoms with Crippen molar-refractivity contribution in [3.8, 4) is 11.5 Å². The highest BCUT2D eigenvalue weighted by Crippen LogP contribution is 2.30. The van der Waals surface area contributed by atoms with Crippen LogP contribution in [0.2, 0.25) is 0 Å². The zero-order valence-electron chi connectivity index (χ0n) is 12.0. The summed E-state index contributed by atoms with van der Waals surface area (Å²) in [7, 11) is 0. The molecule has 2 N–H and O–H groups in total. The summed E-state index contributed by atoms with van der Waals surface area (Å²) in [5, 5.41) is 5.39. The Hall–Kier alpha value is -2.54. The maximum Gasteiger partial charge on any atom is 0.262 e. The van der Waals surface area contributed by atoms with Crippen molar-refractivity contribution in [1.29, 1.82) is 0 Å². The molecule has 0 bridgehead atoms. The van der Waals surface area contributed by atoms with E-state index in [1.165, 1.54) is 0 Å². The molecule has 0 unspecified atom stereocenters. The van der Waals surface area contributed by atoms with Gasteiger partial charge in [-0.1, -0.05) is 15.9 Å². The predicted octanol–water partition coefficient (Wildman–Crippen LogP) is 2.80. The standard InChI is InChI=1S/C16H13BrN2O4/c17-10-1-4-12(5-2-10)22-8-15(20)18-11-3-6-14-13(7-11)19-16(21)9-23-14/h1-7H,8-9H2,(H,18,20)(H,19,21). The van der Waals surface area contributed by atoms with Gasteiger partial charge in [0.1, 0.15) is 11.5 Å². The first kappa shape index (κ1) is 15.4. The van der Waals surface area contributed by atoms with Crippen molar-refractivity contribution < 1.29 is 19.1 Å². The lowest BCUT2D eigenvalue weighted by molar-refractivity contribution is -0.119. The van der Waals surface area contributed by atoms with E-state index in [2.05, 4.69) is 26.6 Å². The number of ether oxygens (including phenoxy) is 2. The van der Waals surface area contributed by atoms with Crippen LogP contribution in [0.5, 0.6) is 11.5 Å². The summed E-state index contributed by atoms with van der Waals surface area (Å²) in [6.07, 6.45) is 0. The molecule has 1 aliphatic heterocycles. The number of halogens is 1. The molecule has 0 saturated carbocycles. The number of hydrogen-bond donors (Lipinski definition) is 2. The van der Waals surface area contributed by atoms with Crippen LogP contribution in [0.3, 0.4) is 0 Å². The van der Waals surface area contributed by atoms with Crippen LogP contribution in [-0.2, 0) is 9.59 Å². The number of nitrogens with one attached hydrogen (secondary N) is 2. The van der Waals surface area contributed by atoms with Gasteiger partial charge in [0.2, 0.25) is 0 Å². The Bertz CT molecular complexity index is 746. The Labute approximate surface area is 140 Å². The van der Waals surface area contributed by atoms with E-state index in [-0.39, 0.29) is 25.0 Å². The van der Waals surface area contributed by atoms with Crippen molar-refractivity contribution in [1.82, 2.24) is 0 Å². The second-order valence-corrected chi connectivity index (χ2v) is 5.75. The molecule has 23 heavy (non-hydrogen) atoms. The van der Waals surface area contributed by atoms with Crippen LogP contribution in [0.1, 0.15) is 0 Å². The summed E-state index contributed by atoms with van der Waals surface area (Å²) in [5.74, 6) is 0.665. The zero-order chi connectivity index (χ0) is 16.2. The molecule has 2 aromatic carbocycles. The molecule has 0 aromatic heterocycles. The van der Waals surface area contributed by atoms with Crippen molar-refractivity contribution >= 4 is 39.1 Å². The van der Waals surface area contributed by atoms with Crippen molar-refractivity contribution in [2.75, 3.05) is 23.8 Å². The number of amides is 2. The van der Waals surface area contributed by atoms with Gasteiger partial charge < -0.3 is 20.1 Å². The molecule has 0 aliphatic carbocycles. The summed E-state index contributed by atoms with van der Waals surface area (Å²) < 4.78 is 11.6. The first-order chi connectivity index (χ1) is 11.1. The summed E-state index contributed by atoms with van der Waals surface area (Å²) in [5.41, 5.74) is 1.09. The van der Waals surface area contributed by atoms with Crippen molar-refractivity contribution in [3.05, 3.63) is 46.9 Å². The van der Waals surface area contributed by atoms with E-state index in [9.17, 15) is 9.59 Å². The van der Waals surface area contributed by atoms with Crippen LogP contribution in [0, 0.1) is 0 Å². The third kappa shape index (κ3) is 4.01. The van der Waals surface area contributed by atoms with Gasteiger partial charge in [-0.15, -0.1) is 0 Å². The van der Waals surface area contributed by atoms with Gasteiger partial charge in [-0.25, -0.2) is 0 Å². The molecule has 3 rings (SSSR count). The third-order valence-corrected chi connectivity index (χ3v) is 3.61. The Morgan fingerprint density at radius 1 is 1.26 bits per heavy atom. The second kappa shape index (κ2) is 6.70. The highest BCUT2D eigenvalue weighted by Gasteiger charge is 2.16. The predicted molar refractivity (Wildman–Crippen MR) is 88.8 cm³/mol. The molecule has 2 amide bonds. The van der Waals surface area contributed by atoms with Crippen LogP contribution >= 0.6 is 15.9 Å². The lowest BCUT2D eigenvalue weighted by Gasteiger charge is -2.18. The molecular formula is C16H13BrN2O4. The SMILES string of the molecule is O=C(COc1ccc(Br)cc1)Nc1ccc2c(c1)NC(=O)CO2. The highest BCUT2D eigenvalue weighted by molar-refractivity contribution is 9.10. The van der Waals surface area contributed by atoms with Crippen LogP contribution in [0.4, 0.5) is 11.4 Å². The summed E-state index contributed by atoms with van der Waals surface area (Å²) >= 11 is 3.33. The smallest absolute Gasteiger partial charge is 0.262 e. The second-order valence-electron chi connectivity index (χ2n) is 4.84. The van der Waals surface area contributed by atoms with Crippen LogP contribution in [0.15, 0.2) is 46.9 Å². The first-order valence-electron chi connectivity index (χ1n) is 6.85. The van der Waals surface area contributed by atoms with Crippen molar-refractivity contribution in [2.24, 2.45) is 0 Å². The van der Waals surface area contributed by atoms with E-state index in [0.29, 0.717) is 22.9 Å². The van der Waals surface area contributed by atoms with E-state index in [1.54, 1.807) is 30.3 Å². The molecule has 1 aliphatic rings. The topological polar surface area (TPSA) is 76.7 Å². The number of rotatable bonds is 4. The average Bonchev–Trinajstić information content (AvgIpc) is 2.54. The Morgan fingerprint density at radius 2 is 2.04 bits per heavy atom. The Kier molecular flexibility index (Phi) is 4.47. The van der Waals surface area contributed by atoms with Crippen LogP contribution in [0.25, 0.3) is 0 Å².